The van der Waals surface area contributed by atoms with E-state index in [0.29, 0.717) is 39.8 Å². The minimum atomic E-state index is -0.313. The molecule has 5 nitrogen and oxygen atoms in total. The first-order chi connectivity index (χ1) is 17.0. The van der Waals surface area contributed by atoms with E-state index in [1.165, 1.54) is 6.07 Å². The van der Waals surface area contributed by atoms with Crippen molar-refractivity contribution in [3.8, 4) is 17.3 Å². The van der Waals surface area contributed by atoms with Crippen LogP contribution in [0.15, 0.2) is 40.9 Å². The Kier molecular flexibility index (Phi) is 5.96. The van der Waals surface area contributed by atoms with Crippen molar-refractivity contribution in [2.24, 2.45) is 0 Å². The SMILES string of the molecule is N#Cc1ccc(N2C3CCC2CC(NCc2c(-c4c(Cl)cccc4Cl)noc2C2CC2)C3)c(F)c1. The minimum Gasteiger partial charge on any atom is -0.363 e. The molecule has 3 aromatic rings. The topological polar surface area (TPSA) is 65.1 Å². The molecular formula is C27H25Cl2FN4O. The number of aromatic nitrogens is 1. The van der Waals surface area contributed by atoms with Crippen molar-refractivity contribution in [1.29, 1.82) is 5.26 Å². The van der Waals surface area contributed by atoms with Gasteiger partial charge in [0, 0.05) is 41.7 Å². The maximum Gasteiger partial charge on any atom is 0.147 e. The van der Waals surface area contributed by atoms with Gasteiger partial charge >= 0.3 is 0 Å². The molecule has 6 rings (SSSR count). The number of piperidine rings is 1. The summed E-state index contributed by atoms with van der Waals surface area (Å²) >= 11 is 13.0. The van der Waals surface area contributed by atoms with Crippen molar-refractivity contribution in [2.45, 2.75) is 69.1 Å². The lowest BCUT2D eigenvalue weighted by molar-refractivity contribution is 0.349. The Balaban J connectivity index is 1.21. The molecule has 1 aromatic heterocycles. The Labute approximate surface area is 213 Å². The average molecular weight is 511 g/mol. The monoisotopic (exact) mass is 510 g/mol. The van der Waals surface area contributed by atoms with E-state index >= 15 is 0 Å². The van der Waals surface area contributed by atoms with Crippen LogP contribution in [0.4, 0.5) is 10.1 Å². The van der Waals surface area contributed by atoms with Crippen molar-refractivity contribution in [3.05, 3.63) is 69.1 Å². The molecular weight excluding hydrogens is 486 g/mol. The van der Waals surface area contributed by atoms with Crippen LogP contribution in [0.2, 0.25) is 10.0 Å². The highest BCUT2D eigenvalue weighted by atomic mass is 35.5. The van der Waals surface area contributed by atoms with Crippen LogP contribution in [0.5, 0.6) is 0 Å². The van der Waals surface area contributed by atoms with Gasteiger partial charge in [0.15, 0.2) is 0 Å². The molecule has 35 heavy (non-hydrogen) atoms. The lowest BCUT2D eigenvalue weighted by Gasteiger charge is -2.41. The van der Waals surface area contributed by atoms with Gasteiger partial charge in [-0.05, 0) is 68.9 Å². The van der Waals surface area contributed by atoms with Gasteiger partial charge in [0.25, 0.3) is 0 Å². The fourth-order valence-corrected chi connectivity index (χ4v) is 6.43. The normalized spacial score (nSPS) is 23.5. The number of benzene rings is 2. The molecule has 0 radical (unpaired) electrons. The summed E-state index contributed by atoms with van der Waals surface area (Å²) in [6.45, 7) is 0.627. The highest BCUT2D eigenvalue weighted by molar-refractivity contribution is 6.39. The maximum atomic E-state index is 14.8. The number of halogens is 3. The predicted octanol–water partition coefficient (Wildman–Crippen LogP) is 6.83. The molecule has 3 aliphatic rings. The van der Waals surface area contributed by atoms with E-state index in [2.05, 4.69) is 15.4 Å². The minimum absolute atomic E-state index is 0.275. The van der Waals surface area contributed by atoms with Gasteiger partial charge in [-0.15, -0.1) is 0 Å². The number of nitriles is 1. The van der Waals surface area contributed by atoms with Gasteiger partial charge in [-0.1, -0.05) is 34.4 Å². The number of anilines is 1. The zero-order chi connectivity index (χ0) is 24.1. The van der Waals surface area contributed by atoms with E-state index in [1.807, 2.05) is 24.3 Å². The number of rotatable bonds is 6. The van der Waals surface area contributed by atoms with Crippen LogP contribution in [0.25, 0.3) is 11.3 Å². The molecule has 2 aromatic carbocycles. The van der Waals surface area contributed by atoms with Crippen molar-refractivity contribution in [3.63, 3.8) is 0 Å². The summed E-state index contributed by atoms with van der Waals surface area (Å²) in [6.07, 6.45) is 6.17. The molecule has 1 saturated carbocycles. The van der Waals surface area contributed by atoms with Crippen LogP contribution in [0.1, 0.15) is 61.3 Å². The second-order valence-corrected chi connectivity index (χ2v) is 10.7. The van der Waals surface area contributed by atoms with Crippen molar-refractivity contribution < 1.29 is 8.91 Å². The molecule has 2 bridgehead atoms. The second kappa shape index (κ2) is 9.13. The van der Waals surface area contributed by atoms with Gasteiger partial charge in [0.2, 0.25) is 0 Å². The quantitative estimate of drug-likeness (QED) is 0.393. The van der Waals surface area contributed by atoms with E-state index in [-0.39, 0.29) is 17.9 Å². The van der Waals surface area contributed by atoms with E-state index in [4.69, 9.17) is 33.0 Å². The third-order valence-electron chi connectivity index (χ3n) is 7.62. The van der Waals surface area contributed by atoms with Crippen molar-refractivity contribution >= 4 is 28.9 Å². The first-order valence-corrected chi connectivity index (χ1v) is 12.9. The van der Waals surface area contributed by atoms with Gasteiger partial charge in [0.1, 0.15) is 17.3 Å². The summed E-state index contributed by atoms with van der Waals surface area (Å²) in [5, 5.41) is 18.3. The third kappa shape index (κ3) is 4.20. The van der Waals surface area contributed by atoms with Gasteiger partial charge in [0.05, 0.1) is 27.4 Å². The maximum absolute atomic E-state index is 14.8. The first kappa shape index (κ1) is 22.8. The van der Waals surface area contributed by atoms with Crippen LogP contribution in [0.3, 0.4) is 0 Å². The molecule has 8 heteroatoms. The molecule has 0 amide bonds. The Morgan fingerprint density at radius 2 is 1.80 bits per heavy atom. The summed E-state index contributed by atoms with van der Waals surface area (Å²) in [5.41, 5.74) is 3.44. The Morgan fingerprint density at radius 3 is 2.43 bits per heavy atom. The van der Waals surface area contributed by atoms with Crippen molar-refractivity contribution in [1.82, 2.24) is 10.5 Å². The highest BCUT2D eigenvalue weighted by Crippen LogP contribution is 2.46. The highest BCUT2D eigenvalue weighted by Gasteiger charge is 2.42. The predicted molar refractivity (Wildman–Crippen MR) is 134 cm³/mol. The molecule has 2 saturated heterocycles. The van der Waals surface area contributed by atoms with Crippen LogP contribution in [-0.2, 0) is 6.54 Å². The van der Waals surface area contributed by atoms with Gasteiger partial charge in [-0.2, -0.15) is 5.26 Å². The van der Waals surface area contributed by atoms with Crippen LogP contribution in [0, 0.1) is 17.1 Å². The fraction of sp³-hybridized carbons (Fsp3) is 0.407. The molecule has 1 N–H and O–H groups in total. The first-order valence-electron chi connectivity index (χ1n) is 12.2. The molecule has 0 spiro atoms. The van der Waals surface area contributed by atoms with Crippen LogP contribution >= 0.6 is 23.2 Å². The summed E-state index contributed by atoms with van der Waals surface area (Å²) in [7, 11) is 0. The molecule has 2 atom stereocenters. The zero-order valence-corrected chi connectivity index (χ0v) is 20.6. The molecule has 2 unspecified atom stereocenters. The van der Waals surface area contributed by atoms with Gasteiger partial charge in [-0.25, -0.2) is 4.39 Å². The molecule has 3 fully saturated rings. The standard InChI is InChI=1S/C27H25Cl2FN4O/c28-21-2-1-3-22(29)25(21)26-20(27(35-33-26)16-5-6-16)14-32-17-11-18-7-8-19(12-17)34(18)24-9-4-15(13-31)10-23(24)30/h1-4,9-10,16-19,32H,5-8,11-12,14H2. The molecule has 2 aliphatic heterocycles. The van der Waals surface area contributed by atoms with Crippen LogP contribution in [-0.4, -0.2) is 23.3 Å². The number of hydrogen-bond donors (Lipinski definition) is 1. The Hall–Kier alpha value is -2.59. The molecule has 180 valence electrons. The van der Waals surface area contributed by atoms with Gasteiger partial charge < -0.3 is 14.7 Å². The average Bonchev–Trinajstić information content (AvgIpc) is 3.56. The number of nitrogens with zero attached hydrogens (tertiary/aromatic N) is 3. The van der Waals surface area contributed by atoms with Crippen LogP contribution < -0.4 is 10.2 Å². The van der Waals surface area contributed by atoms with Gasteiger partial charge in [-0.3, -0.25) is 0 Å². The summed E-state index contributed by atoms with van der Waals surface area (Å²) in [6, 6.07) is 13.1. The Morgan fingerprint density at radius 1 is 1.09 bits per heavy atom. The third-order valence-corrected chi connectivity index (χ3v) is 8.25. The van der Waals surface area contributed by atoms with E-state index in [1.54, 1.807) is 12.1 Å². The Bertz CT molecular complexity index is 1280. The summed E-state index contributed by atoms with van der Waals surface area (Å²) in [5.74, 6) is 1.03. The summed E-state index contributed by atoms with van der Waals surface area (Å²) < 4.78 is 20.6. The van der Waals surface area contributed by atoms with E-state index < -0.39 is 0 Å². The molecule has 1 aliphatic carbocycles. The zero-order valence-electron chi connectivity index (χ0n) is 19.1. The lowest BCUT2D eigenvalue weighted by atomic mass is 9.95. The van der Waals surface area contributed by atoms with E-state index in [9.17, 15) is 4.39 Å². The second-order valence-electron chi connectivity index (χ2n) is 9.86. The molecule has 3 heterocycles. The van der Waals surface area contributed by atoms with Crippen molar-refractivity contribution in [2.75, 3.05) is 4.90 Å². The largest absolute Gasteiger partial charge is 0.363 e. The number of fused-ring (bicyclic) bond motifs is 2. The number of hydrogen-bond acceptors (Lipinski definition) is 5. The fourth-order valence-electron chi connectivity index (χ4n) is 5.85. The smallest absolute Gasteiger partial charge is 0.147 e. The lowest BCUT2D eigenvalue weighted by Crippen LogP contribution is -2.49. The van der Waals surface area contributed by atoms with E-state index in [0.717, 1.165) is 61.1 Å². The summed E-state index contributed by atoms with van der Waals surface area (Å²) in [4.78, 5) is 2.23. The number of nitrogens with one attached hydrogen (secondary N) is 1.